The molecule has 0 atom stereocenters. The van der Waals surface area contributed by atoms with E-state index in [0.717, 1.165) is 34.3 Å². The van der Waals surface area contributed by atoms with Gasteiger partial charge < -0.3 is 4.74 Å². The minimum atomic E-state index is -3.88. The van der Waals surface area contributed by atoms with Gasteiger partial charge in [0.1, 0.15) is 19.0 Å². The van der Waals surface area contributed by atoms with Gasteiger partial charge in [-0.1, -0.05) is 28.1 Å². The van der Waals surface area contributed by atoms with Gasteiger partial charge in [0.2, 0.25) is 10.0 Å². The molecule has 8 heteroatoms. The summed E-state index contributed by atoms with van der Waals surface area (Å²) in [4.78, 5) is 11.5. The normalized spacial score (nSPS) is 11.2. The van der Waals surface area contributed by atoms with Crippen LogP contribution in [0.3, 0.4) is 0 Å². The number of ether oxygens (including phenoxy) is 1. The Morgan fingerprint density at radius 1 is 1.09 bits per heavy atom. The van der Waals surface area contributed by atoms with Crippen molar-refractivity contribution in [2.45, 2.75) is 11.5 Å². The number of halogens is 2. The molecule has 23 heavy (non-hydrogen) atoms. The van der Waals surface area contributed by atoms with E-state index in [2.05, 4.69) is 20.7 Å². The molecule has 0 aliphatic heterocycles. The number of hydrogen-bond acceptors (Lipinski definition) is 4. The van der Waals surface area contributed by atoms with Crippen molar-refractivity contribution in [3.05, 3.63) is 64.4 Å². The fourth-order valence-electron chi connectivity index (χ4n) is 1.65. The van der Waals surface area contributed by atoms with Gasteiger partial charge in [0.15, 0.2) is 0 Å². The molecule has 1 N–H and O–H groups in total. The molecule has 2 aromatic rings. The molecular formula is C15H13BrFNO4S. The van der Waals surface area contributed by atoms with Crippen molar-refractivity contribution in [2.24, 2.45) is 0 Å². The van der Waals surface area contributed by atoms with E-state index in [1.54, 1.807) is 24.3 Å². The Morgan fingerprint density at radius 3 is 2.30 bits per heavy atom. The van der Waals surface area contributed by atoms with E-state index >= 15 is 0 Å². The van der Waals surface area contributed by atoms with Gasteiger partial charge in [-0.05, 0) is 42.0 Å². The van der Waals surface area contributed by atoms with Crippen molar-refractivity contribution in [3.8, 4) is 0 Å². The van der Waals surface area contributed by atoms with Gasteiger partial charge in [0.25, 0.3) is 0 Å². The highest BCUT2D eigenvalue weighted by Gasteiger charge is 2.16. The van der Waals surface area contributed by atoms with E-state index in [4.69, 9.17) is 4.74 Å². The maximum absolute atomic E-state index is 12.8. The number of benzene rings is 2. The lowest BCUT2D eigenvalue weighted by Gasteiger charge is -2.07. The first-order valence-electron chi connectivity index (χ1n) is 6.52. The van der Waals surface area contributed by atoms with E-state index in [-0.39, 0.29) is 11.5 Å². The maximum Gasteiger partial charge on any atom is 0.321 e. The molecule has 0 bridgehead atoms. The third-order valence-electron chi connectivity index (χ3n) is 2.84. The average molecular weight is 402 g/mol. The molecular weight excluding hydrogens is 389 g/mol. The fraction of sp³-hybridized carbons (Fsp3) is 0.133. The molecule has 0 unspecified atom stereocenters. The van der Waals surface area contributed by atoms with Crippen molar-refractivity contribution >= 4 is 31.9 Å². The number of rotatable bonds is 6. The number of nitrogens with one attached hydrogen (secondary N) is 1. The minimum Gasteiger partial charge on any atom is -0.460 e. The van der Waals surface area contributed by atoms with Crippen molar-refractivity contribution < 1.29 is 22.3 Å². The molecule has 5 nitrogen and oxygen atoms in total. The summed E-state index contributed by atoms with van der Waals surface area (Å²) in [5.41, 5.74) is 0.781. The Labute approximate surface area is 141 Å². The van der Waals surface area contributed by atoms with Crippen LogP contribution < -0.4 is 4.72 Å². The lowest BCUT2D eigenvalue weighted by Crippen LogP contribution is -2.30. The van der Waals surface area contributed by atoms with Crippen molar-refractivity contribution in [1.82, 2.24) is 4.72 Å². The fourth-order valence-corrected chi connectivity index (χ4v) is 2.88. The third-order valence-corrected chi connectivity index (χ3v) is 4.79. The maximum atomic E-state index is 12.8. The largest absolute Gasteiger partial charge is 0.460 e. The highest BCUT2D eigenvalue weighted by molar-refractivity contribution is 9.10. The smallest absolute Gasteiger partial charge is 0.321 e. The lowest BCUT2D eigenvalue weighted by molar-refractivity contribution is -0.143. The molecule has 0 aliphatic carbocycles. The number of sulfonamides is 1. The second-order valence-corrected chi connectivity index (χ2v) is 7.25. The Hall–Kier alpha value is -1.77. The second-order valence-electron chi connectivity index (χ2n) is 4.57. The molecule has 0 fully saturated rings. The molecule has 0 saturated heterocycles. The first-order chi connectivity index (χ1) is 10.9. The van der Waals surface area contributed by atoms with Crippen LogP contribution in [0, 0.1) is 5.82 Å². The van der Waals surface area contributed by atoms with Gasteiger partial charge >= 0.3 is 5.97 Å². The molecule has 122 valence electrons. The molecule has 0 aromatic heterocycles. The first-order valence-corrected chi connectivity index (χ1v) is 8.80. The Morgan fingerprint density at radius 2 is 1.70 bits per heavy atom. The first kappa shape index (κ1) is 17.6. The van der Waals surface area contributed by atoms with Gasteiger partial charge in [0, 0.05) is 4.47 Å². The van der Waals surface area contributed by atoms with E-state index < -0.39 is 28.4 Å². The SMILES string of the molecule is O=C(CNS(=O)(=O)c1ccc(F)cc1)OCc1ccc(Br)cc1. The molecule has 0 heterocycles. The highest BCUT2D eigenvalue weighted by atomic mass is 79.9. The molecule has 2 aromatic carbocycles. The quantitative estimate of drug-likeness (QED) is 0.755. The van der Waals surface area contributed by atoms with Crippen LogP contribution in [0.25, 0.3) is 0 Å². The summed E-state index contributed by atoms with van der Waals surface area (Å²) in [6, 6.07) is 11.5. The van der Waals surface area contributed by atoms with Gasteiger partial charge in [-0.15, -0.1) is 0 Å². The van der Waals surface area contributed by atoms with Crippen LogP contribution in [0.5, 0.6) is 0 Å². The zero-order valence-electron chi connectivity index (χ0n) is 11.8. The summed E-state index contributed by atoms with van der Waals surface area (Å²) in [6.45, 7) is -0.458. The molecule has 0 spiro atoms. The van der Waals surface area contributed by atoms with E-state index in [9.17, 15) is 17.6 Å². The number of esters is 1. The van der Waals surface area contributed by atoms with E-state index in [1.165, 1.54) is 0 Å². The van der Waals surface area contributed by atoms with Gasteiger partial charge in [-0.2, -0.15) is 4.72 Å². The summed E-state index contributed by atoms with van der Waals surface area (Å²) < 4.78 is 44.6. The summed E-state index contributed by atoms with van der Waals surface area (Å²) >= 11 is 3.29. The van der Waals surface area contributed by atoms with Gasteiger partial charge in [-0.3, -0.25) is 4.79 Å². The van der Waals surface area contributed by atoms with Crippen LogP contribution in [0.2, 0.25) is 0 Å². The molecule has 2 rings (SSSR count). The topological polar surface area (TPSA) is 72.5 Å². The van der Waals surface area contributed by atoms with Gasteiger partial charge in [-0.25, -0.2) is 12.8 Å². The molecule has 0 radical (unpaired) electrons. The highest BCUT2D eigenvalue weighted by Crippen LogP contribution is 2.11. The van der Waals surface area contributed by atoms with Crippen LogP contribution in [-0.4, -0.2) is 20.9 Å². The van der Waals surface area contributed by atoms with Gasteiger partial charge in [0.05, 0.1) is 4.90 Å². The number of carbonyl (C=O) groups excluding carboxylic acids is 1. The monoisotopic (exact) mass is 401 g/mol. The Bertz CT molecular complexity index is 776. The molecule has 0 aliphatic rings. The van der Waals surface area contributed by atoms with E-state index in [1.807, 2.05) is 0 Å². The standard InChI is InChI=1S/C15H13BrFNO4S/c16-12-3-1-11(2-4-12)10-22-15(19)9-18-23(20,21)14-7-5-13(17)6-8-14/h1-8,18H,9-10H2. The van der Waals surface area contributed by atoms with Crippen molar-refractivity contribution in [1.29, 1.82) is 0 Å². The zero-order valence-corrected chi connectivity index (χ0v) is 14.2. The Balaban J connectivity index is 1.86. The van der Waals surface area contributed by atoms with Crippen molar-refractivity contribution in [3.63, 3.8) is 0 Å². The van der Waals surface area contributed by atoms with E-state index in [0.29, 0.717) is 0 Å². The second kappa shape index (κ2) is 7.67. The zero-order chi connectivity index (χ0) is 16.9. The Kier molecular flexibility index (Phi) is 5.86. The summed E-state index contributed by atoms with van der Waals surface area (Å²) in [5.74, 6) is -1.25. The van der Waals surface area contributed by atoms with Crippen LogP contribution in [0.4, 0.5) is 4.39 Å². The number of hydrogen-bond donors (Lipinski definition) is 1. The summed E-state index contributed by atoms with van der Waals surface area (Å²) in [6.07, 6.45) is 0. The predicted octanol–water partition coefficient (Wildman–Crippen LogP) is 2.61. The third kappa shape index (κ3) is 5.42. The lowest BCUT2D eigenvalue weighted by atomic mass is 10.2. The summed E-state index contributed by atoms with van der Waals surface area (Å²) in [5, 5.41) is 0. The average Bonchev–Trinajstić information content (AvgIpc) is 2.53. The molecule has 0 saturated carbocycles. The van der Waals surface area contributed by atoms with Crippen LogP contribution >= 0.6 is 15.9 Å². The van der Waals surface area contributed by atoms with Crippen LogP contribution in [0.1, 0.15) is 5.56 Å². The van der Waals surface area contributed by atoms with Crippen LogP contribution in [0.15, 0.2) is 57.9 Å². The number of carbonyl (C=O) groups is 1. The minimum absolute atomic E-state index is 0.0460. The molecule has 0 amide bonds. The summed E-state index contributed by atoms with van der Waals surface area (Å²) in [7, 11) is -3.88. The predicted molar refractivity (Wildman–Crippen MR) is 85.5 cm³/mol. The van der Waals surface area contributed by atoms with Crippen molar-refractivity contribution in [2.75, 3.05) is 6.54 Å². The van der Waals surface area contributed by atoms with Crippen LogP contribution in [-0.2, 0) is 26.2 Å².